The van der Waals surface area contributed by atoms with E-state index in [9.17, 15) is 4.79 Å². The number of hydrogen-bond acceptors (Lipinski definition) is 4. The zero-order valence-electron chi connectivity index (χ0n) is 17.5. The van der Waals surface area contributed by atoms with Crippen LogP contribution in [0.2, 0.25) is 5.02 Å². The van der Waals surface area contributed by atoms with Gasteiger partial charge in [-0.2, -0.15) is 5.10 Å². The number of amides is 1. The third-order valence-corrected chi connectivity index (χ3v) is 5.22. The molecule has 3 aromatic carbocycles. The van der Waals surface area contributed by atoms with Crippen LogP contribution in [-0.4, -0.2) is 22.8 Å². The smallest absolute Gasteiger partial charge is 0.256 e. The van der Waals surface area contributed by atoms with Gasteiger partial charge in [0.2, 0.25) is 0 Å². The van der Waals surface area contributed by atoms with Gasteiger partial charge < -0.3 is 14.8 Å². The van der Waals surface area contributed by atoms with Gasteiger partial charge in [0.15, 0.2) is 5.82 Å². The predicted molar refractivity (Wildman–Crippen MR) is 125 cm³/mol. The highest BCUT2D eigenvalue weighted by Crippen LogP contribution is 2.19. The molecule has 1 amide bonds. The first kappa shape index (κ1) is 21.5. The Morgan fingerprint density at radius 2 is 1.69 bits per heavy atom. The van der Waals surface area contributed by atoms with Crippen molar-refractivity contribution in [1.82, 2.24) is 9.78 Å². The number of rotatable bonds is 8. The Balaban J connectivity index is 1.32. The van der Waals surface area contributed by atoms with E-state index in [1.54, 1.807) is 36.2 Å². The lowest BCUT2D eigenvalue weighted by atomic mass is 10.1. The third kappa shape index (κ3) is 5.47. The molecule has 0 spiro atoms. The summed E-state index contributed by atoms with van der Waals surface area (Å²) >= 11 is 6.20. The van der Waals surface area contributed by atoms with Crippen LogP contribution in [0, 0.1) is 0 Å². The highest BCUT2D eigenvalue weighted by atomic mass is 35.5. The molecule has 32 heavy (non-hydrogen) atoms. The second-order valence-electron chi connectivity index (χ2n) is 7.11. The summed E-state index contributed by atoms with van der Waals surface area (Å²) in [5.74, 6) is 1.78. The van der Waals surface area contributed by atoms with Gasteiger partial charge in [-0.1, -0.05) is 41.9 Å². The minimum absolute atomic E-state index is 0.226. The number of ether oxygens (including phenoxy) is 2. The molecule has 0 aliphatic rings. The summed E-state index contributed by atoms with van der Waals surface area (Å²) in [6.45, 7) is 0.930. The van der Waals surface area contributed by atoms with Gasteiger partial charge in [-0.3, -0.25) is 9.48 Å². The molecule has 0 aliphatic heterocycles. The van der Waals surface area contributed by atoms with Crippen LogP contribution in [0.4, 0.5) is 5.82 Å². The number of anilines is 1. The maximum atomic E-state index is 12.6. The SMILES string of the molecule is COc1ccc(OCc2ccc(C(=O)Nc3ccn(Cc4ccccc4Cl)n3)cc2)cc1. The number of nitrogens with zero attached hydrogens (tertiary/aromatic N) is 2. The van der Waals surface area contributed by atoms with E-state index < -0.39 is 0 Å². The summed E-state index contributed by atoms with van der Waals surface area (Å²) in [5, 5.41) is 7.91. The minimum atomic E-state index is -0.226. The zero-order valence-corrected chi connectivity index (χ0v) is 18.3. The number of aromatic nitrogens is 2. The molecule has 0 radical (unpaired) electrons. The fraction of sp³-hybridized carbons (Fsp3) is 0.120. The monoisotopic (exact) mass is 447 g/mol. The molecule has 162 valence electrons. The molecule has 0 aliphatic carbocycles. The molecule has 1 heterocycles. The standard InChI is InChI=1S/C25H22ClN3O3/c1-31-21-10-12-22(13-11-21)32-17-18-6-8-19(9-7-18)25(30)27-24-14-15-29(28-24)16-20-4-2-3-5-23(20)26/h2-15H,16-17H2,1H3,(H,27,28,30). The average Bonchev–Trinajstić information content (AvgIpc) is 3.26. The van der Waals surface area contributed by atoms with Crippen LogP contribution in [0.25, 0.3) is 0 Å². The van der Waals surface area contributed by atoms with Crippen molar-refractivity contribution in [1.29, 1.82) is 0 Å². The summed E-state index contributed by atoms with van der Waals surface area (Å²) in [5.41, 5.74) is 2.46. The first-order valence-corrected chi connectivity index (χ1v) is 10.4. The highest BCUT2D eigenvalue weighted by Gasteiger charge is 2.09. The van der Waals surface area contributed by atoms with Crippen molar-refractivity contribution in [2.75, 3.05) is 12.4 Å². The van der Waals surface area contributed by atoms with E-state index in [1.165, 1.54) is 0 Å². The third-order valence-electron chi connectivity index (χ3n) is 4.85. The van der Waals surface area contributed by atoms with Gasteiger partial charge >= 0.3 is 0 Å². The largest absolute Gasteiger partial charge is 0.497 e. The van der Waals surface area contributed by atoms with Crippen LogP contribution in [0.5, 0.6) is 11.5 Å². The maximum absolute atomic E-state index is 12.6. The summed E-state index contributed by atoms with van der Waals surface area (Å²) in [7, 11) is 1.62. The Kier molecular flexibility index (Phi) is 6.72. The second kappa shape index (κ2) is 10.0. The zero-order chi connectivity index (χ0) is 22.3. The lowest BCUT2D eigenvalue weighted by molar-refractivity contribution is 0.102. The van der Waals surface area contributed by atoms with Gasteiger partial charge in [-0.15, -0.1) is 0 Å². The minimum Gasteiger partial charge on any atom is -0.497 e. The molecular formula is C25H22ClN3O3. The average molecular weight is 448 g/mol. The van der Waals surface area contributed by atoms with Crippen LogP contribution in [0.15, 0.2) is 85.1 Å². The van der Waals surface area contributed by atoms with Crippen LogP contribution in [0.3, 0.4) is 0 Å². The molecular weight excluding hydrogens is 426 g/mol. The Labute approximate surface area is 191 Å². The van der Waals surface area contributed by atoms with E-state index >= 15 is 0 Å². The quantitative estimate of drug-likeness (QED) is 0.391. The number of nitrogens with one attached hydrogen (secondary N) is 1. The van der Waals surface area contributed by atoms with Crippen LogP contribution < -0.4 is 14.8 Å². The number of benzene rings is 3. The van der Waals surface area contributed by atoms with Crippen molar-refractivity contribution in [3.05, 3.63) is 107 Å². The number of methoxy groups -OCH3 is 1. The van der Waals surface area contributed by atoms with Crippen molar-refractivity contribution >= 4 is 23.3 Å². The normalized spacial score (nSPS) is 10.6. The van der Waals surface area contributed by atoms with Crippen LogP contribution in [0.1, 0.15) is 21.5 Å². The maximum Gasteiger partial charge on any atom is 0.256 e. The van der Waals surface area contributed by atoms with E-state index in [-0.39, 0.29) is 5.91 Å². The molecule has 4 aromatic rings. The molecule has 4 rings (SSSR count). The molecule has 0 atom stereocenters. The molecule has 0 unspecified atom stereocenters. The van der Waals surface area contributed by atoms with Crippen LogP contribution in [-0.2, 0) is 13.2 Å². The molecule has 0 bridgehead atoms. The van der Waals surface area contributed by atoms with E-state index in [2.05, 4.69) is 10.4 Å². The molecule has 1 N–H and O–H groups in total. The number of halogens is 1. The Morgan fingerprint density at radius 1 is 0.969 bits per heavy atom. The van der Waals surface area contributed by atoms with Gasteiger partial charge in [0.1, 0.15) is 18.1 Å². The summed E-state index contributed by atoms with van der Waals surface area (Å²) in [4.78, 5) is 12.6. The van der Waals surface area contributed by atoms with Gasteiger partial charge in [0, 0.05) is 22.8 Å². The molecule has 0 saturated carbocycles. The fourth-order valence-corrected chi connectivity index (χ4v) is 3.29. The first-order chi connectivity index (χ1) is 15.6. The number of carbonyl (C=O) groups is 1. The van der Waals surface area contributed by atoms with Crippen molar-refractivity contribution in [3.63, 3.8) is 0 Å². The fourth-order valence-electron chi connectivity index (χ4n) is 3.10. The van der Waals surface area contributed by atoms with E-state index in [1.807, 2.05) is 60.7 Å². The summed E-state index contributed by atoms with van der Waals surface area (Å²) < 4.78 is 12.6. The second-order valence-corrected chi connectivity index (χ2v) is 7.51. The highest BCUT2D eigenvalue weighted by molar-refractivity contribution is 6.31. The van der Waals surface area contributed by atoms with E-state index in [0.29, 0.717) is 29.6 Å². The van der Waals surface area contributed by atoms with Gasteiger partial charge in [0.05, 0.1) is 13.7 Å². The summed E-state index contributed by atoms with van der Waals surface area (Å²) in [6, 6.07) is 24.0. The van der Waals surface area contributed by atoms with E-state index in [4.69, 9.17) is 21.1 Å². The lowest BCUT2D eigenvalue weighted by Gasteiger charge is -2.08. The van der Waals surface area contributed by atoms with Gasteiger partial charge in [-0.25, -0.2) is 0 Å². The predicted octanol–water partition coefficient (Wildman–Crippen LogP) is 5.42. The molecule has 0 saturated heterocycles. The first-order valence-electron chi connectivity index (χ1n) is 10.0. The van der Waals surface area contributed by atoms with Gasteiger partial charge in [0.25, 0.3) is 5.91 Å². The molecule has 0 fully saturated rings. The van der Waals surface area contributed by atoms with E-state index in [0.717, 1.165) is 22.6 Å². The summed E-state index contributed by atoms with van der Waals surface area (Å²) in [6.07, 6.45) is 1.80. The molecule has 1 aromatic heterocycles. The number of carbonyl (C=O) groups excluding carboxylic acids is 1. The van der Waals surface area contributed by atoms with Crippen molar-refractivity contribution in [3.8, 4) is 11.5 Å². The molecule has 7 heteroatoms. The van der Waals surface area contributed by atoms with Crippen LogP contribution >= 0.6 is 11.6 Å². The topological polar surface area (TPSA) is 65.4 Å². The Morgan fingerprint density at radius 3 is 2.41 bits per heavy atom. The lowest BCUT2D eigenvalue weighted by Crippen LogP contribution is -2.13. The van der Waals surface area contributed by atoms with Crippen molar-refractivity contribution < 1.29 is 14.3 Å². The Bertz CT molecular complexity index is 1190. The van der Waals surface area contributed by atoms with Gasteiger partial charge in [-0.05, 0) is 53.6 Å². The Hall–Kier alpha value is -3.77. The number of hydrogen-bond donors (Lipinski definition) is 1. The van der Waals surface area contributed by atoms with Crippen molar-refractivity contribution in [2.45, 2.75) is 13.2 Å². The van der Waals surface area contributed by atoms with Crippen molar-refractivity contribution in [2.24, 2.45) is 0 Å². The molecule has 6 nitrogen and oxygen atoms in total.